The molecule has 2 saturated heterocycles. The number of ether oxygens (including phenoxy) is 2. The quantitative estimate of drug-likeness (QED) is 0.638. The summed E-state index contributed by atoms with van der Waals surface area (Å²) in [6.45, 7) is 2.30. The van der Waals surface area contributed by atoms with Gasteiger partial charge in [-0.1, -0.05) is 18.2 Å². The molecule has 0 saturated carbocycles. The van der Waals surface area contributed by atoms with E-state index in [0.717, 1.165) is 31.5 Å². The van der Waals surface area contributed by atoms with E-state index in [1.807, 2.05) is 0 Å². The zero-order valence-corrected chi connectivity index (χ0v) is 17.8. The van der Waals surface area contributed by atoms with Crippen LogP contribution in [0.5, 0.6) is 11.5 Å². The van der Waals surface area contributed by atoms with E-state index in [0.29, 0.717) is 24.3 Å². The Morgan fingerprint density at radius 2 is 1.97 bits per heavy atom. The second kappa shape index (κ2) is 8.14. The number of carbonyl (C=O) groups is 1. The van der Waals surface area contributed by atoms with Crippen molar-refractivity contribution in [2.24, 2.45) is 5.92 Å². The molecule has 3 heterocycles. The summed E-state index contributed by atoms with van der Waals surface area (Å²) in [5, 5.41) is 9.79. The van der Waals surface area contributed by atoms with Crippen LogP contribution in [0, 0.1) is 5.92 Å². The molecule has 5 rings (SSSR count). The third kappa shape index (κ3) is 3.88. The zero-order chi connectivity index (χ0) is 21.4. The summed E-state index contributed by atoms with van der Waals surface area (Å²) in [5.41, 5.74) is 0.835. The third-order valence-corrected chi connectivity index (χ3v) is 8.02. The molecular weight excluding hydrogens is 418 g/mol. The van der Waals surface area contributed by atoms with Crippen LogP contribution in [-0.2, 0) is 21.2 Å². The lowest BCUT2D eigenvalue weighted by Gasteiger charge is -2.25. The highest BCUT2D eigenvalue weighted by molar-refractivity contribution is 7.91. The molecule has 0 spiro atoms. The summed E-state index contributed by atoms with van der Waals surface area (Å²) in [6.07, 6.45) is 1.89. The topological polar surface area (TPSA) is 106 Å². The molecule has 3 unspecified atom stereocenters. The van der Waals surface area contributed by atoms with Crippen molar-refractivity contribution in [3.63, 3.8) is 0 Å². The number of carbonyl (C=O) groups excluding carboxylic acids is 1. The molecule has 0 aromatic heterocycles. The molecule has 164 valence electrons. The number of rotatable bonds is 5. The molecule has 3 aliphatic heterocycles. The number of hydrogen-bond acceptors (Lipinski definition) is 7. The van der Waals surface area contributed by atoms with Crippen LogP contribution in [0.3, 0.4) is 0 Å². The molecule has 2 aromatic rings. The molecule has 0 bridgehead atoms. The second-order valence-electron chi connectivity index (χ2n) is 8.17. The lowest BCUT2D eigenvalue weighted by molar-refractivity contribution is -0.123. The lowest BCUT2D eigenvalue weighted by Crippen LogP contribution is -2.45. The minimum absolute atomic E-state index is 0.00829. The Hall–Kier alpha value is -2.62. The Morgan fingerprint density at radius 3 is 2.77 bits per heavy atom. The van der Waals surface area contributed by atoms with Gasteiger partial charge in [0.05, 0.1) is 10.9 Å². The Bertz CT molecular complexity index is 1070. The van der Waals surface area contributed by atoms with Crippen LogP contribution < -0.4 is 25.4 Å². The van der Waals surface area contributed by atoms with Gasteiger partial charge in [0.25, 0.3) is 0 Å². The van der Waals surface area contributed by atoms with Crippen LogP contribution in [0.2, 0.25) is 0 Å². The smallest absolute Gasteiger partial charge is 0.237 e. The van der Waals surface area contributed by atoms with E-state index in [2.05, 4.69) is 16.0 Å². The third-order valence-electron chi connectivity index (χ3n) is 6.23. The van der Waals surface area contributed by atoms with E-state index >= 15 is 0 Å². The first-order valence-electron chi connectivity index (χ1n) is 10.5. The fraction of sp³-hybridized carbons (Fsp3) is 0.409. The van der Waals surface area contributed by atoms with Crippen LogP contribution >= 0.6 is 0 Å². The van der Waals surface area contributed by atoms with Crippen molar-refractivity contribution in [2.45, 2.75) is 41.3 Å². The molecular formula is C22H25N3O5S. The molecule has 9 heteroatoms. The molecule has 0 radical (unpaired) electrons. The Balaban J connectivity index is 1.23. The number of sulfone groups is 1. The predicted molar refractivity (Wildman–Crippen MR) is 113 cm³/mol. The number of benzene rings is 2. The van der Waals surface area contributed by atoms with Crippen molar-refractivity contribution in [2.75, 3.05) is 19.9 Å². The highest BCUT2D eigenvalue weighted by Gasteiger charge is 2.38. The largest absolute Gasteiger partial charge is 0.454 e. The van der Waals surface area contributed by atoms with Crippen LogP contribution in [-0.4, -0.2) is 46.3 Å². The first-order chi connectivity index (χ1) is 15.0. The molecule has 2 aromatic carbocycles. The van der Waals surface area contributed by atoms with Gasteiger partial charge in [0, 0.05) is 12.6 Å². The summed E-state index contributed by atoms with van der Waals surface area (Å²) in [5.74, 6) is 1.17. The van der Waals surface area contributed by atoms with Crippen LogP contribution in [0.15, 0.2) is 52.3 Å². The number of nitrogens with one attached hydrogen (secondary N) is 3. The van der Waals surface area contributed by atoms with Gasteiger partial charge in [-0.3, -0.25) is 4.79 Å². The monoisotopic (exact) mass is 443 g/mol. The van der Waals surface area contributed by atoms with E-state index in [1.165, 1.54) is 6.07 Å². The van der Waals surface area contributed by atoms with Gasteiger partial charge in [0.1, 0.15) is 4.90 Å². The molecule has 31 heavy (non-hydrogen) atoms. The van der Waals surface area contributed by atoms with Crippen molar-refractivity contribution in [3.8, 4) is 11.5 Å². The first-order valence-corrected chi connectivity index (χ1v) is 12.0. The number of amides is 1. The fourth-order valence-corrected chi connectivity index (χ4v) is 5.95. The highest BCUT2D eigenvalue weighted by Crippen LogP contribution is 2.40. The average molecular weight is 444 g/mol. The van der Waals surface area contributed by atoms with Gasteiger partial charge in [-0.15, -0.1) is 0 Å². The van der Waals surface area contributed by atoms with Gasteiger partial charge in [0.2, 0.25) is 22.5 Å². The maximum atomic E-state index is 13.0. The number of piperidine rings is 1. The van der Waals surface area contributed by atoms with Crippen molar-refractivity contribution in [1.29, 1.82) is 0 Å². The second-order valence-corrected chi connectivity index (χ2v) is 10.1. The van der Waals surface area contributed by atoms with Crippen LogP contribution in [0.4, 0.5) is 0 Å². The Kier molecular flexibility index (Phi) is 5.33. The highest BCUT2D eigenvalue weighted by atomic mass is 32.2. The van der Waals surface area contributed by atoms with E-state index < -0.39 is 9.84 Å². The first kappa shape index (κ1) is 20.3. The summed E-state index contributed by atoms with van der Waals surface area (Å²) in [4.78, 5) is 12.8. The Morgan fingerprint density at radius 1 is 1.13 bits per heavy atom. The molecule has 8 nitrogen and oxygen atoms in total. The van der Waals surface area contributed by atoms with Gasteiger partial charge in [-0.05, 0) is 61.7 Å². The molecule has 1 amide bonds. The lowest BCUT2D eigenvalue weighted by atomic mass is 9.94. The molecule has 3 N–H and O–H groups in total. The summed E-state index contributed by atoms with van der Waals surface area (Å²) in [6, 6.07) is 11.6. The SMILES string of the molecule is O=C(NCc1ccc(S(=O)(=O)c2cccc3c2OCO3)cc1)C1CC2CNCCC2N1. The van der Waals surface area contributed by atoms with Gasteiger partial charge in [-0.25, -0.2) is 8.42 Å². The van der Waals surface area contributed by atoms with Crippen LogP contribution in [0.1, 0.15) is 18.4 Å². The van der Waals surface area contributed by atoms with E-state index in [4.69, 9.17) is 9.47 Å². The van der Waals surface area contributed by atoms with Crippen molar-refractivity contribution in [1.82, 2.24) is 16.0 Å². The van der Waals surface area contributed by atoms with E-state index in [1.54, 1.807) is 36.4 Å². The van der Waals surface area contributed by atoms with Gasteiger partial charge < -0.3 is 25.4 Å². The minimum atomic E-state index is -3.75. The molecule has 3 atom stereocenters. The maximum Gasteiger partial charge on any atom is 0.237 e. The van der Waals surface area contributed by atoms with Gasteiger partial charge >= 0.3 is 0 Å². The average Bonchev–Trinajstić information content (AvgIpc) is 3.44. The summed E-state index contributed by atoms with van der Waals surface area (Å²) >= 11 is 0. The van der Waals surface area contributed by atoms with E-state index in [-0.39, 0.29) is 34.3 Å². The maximum absolute atomic E-state index is 13.0. The fourth-order valence-electron chi connectivity index (χ4n) is 4.54. The normalized spacial score (nSPS) is 24.6. The molecule has 3 aliphatic rings. The van der Waals surface area contributed by atoms with Gasteiger partial charge in [-0.2, -0.15) is 0 Å². The standard InChI is InChI=1S/C22H25N3O5S/c26-22(18-10-15-12-23-9-8-17(15)25-18)24-11-14-4-6-16(7-5-14)31(27,28)20-3-1-2-19-21(20)30-13-29-19/h1-7,15,17-18,23,25H,8-13H2,(H,24,26). The molecule has 2 fully saturated rings. The number of para-hydroxylation sites is 1. The molecule has 0 aliphatic carbocycles. The zero-order valence-electron chi connectivity index (χ0n) is 17.0. The van der Waals surface area contributed by atoms with Crippen molar-refractivity contribution >= 4 is 15.7 Å². The van der Waals surface area contributed by atoms with Gasteiger partial charge in [0.15, 0.2) is 11.5 Å². The predicted octanol–water partition coefficient (Wildman–Crippen LogP) is 1.20. The van der Waals surface area contributed by atoms with Crippen molar-refractivity contribution < 1.29 is 22.7 Å². The minimum Gasteiger partial charge on any atom is -0.454 e. The van der Waals surface area contributed by atoms with Crippen LogP contribution in [0.25, 0.3) is 0 Å². The van der Waals surface area contributed by atoms with Crippen molar-refractivity contribution in [3.05, 3.63) is 48.0 Å². The summed E-state index contributed by atoms with van der Waals surface area (Å²) in [7, 11) is -3.75. The summed E-state index contributed by atoms with van der Waals surface area (Å²) < 4.78 is 36.7. The Labute approximate surface area is 181 Å². The number of hydrogen-bond donors (Lipinski definition) is 3. The van der Waals surface area contributed by atoms with E-state index in [9.17, 15) is 13.2 Å². The number of fused-ring (bicyclic) bond motifs is 2.